The van der Waals surface area contributed by atoms with Crippen LogP contribution in [0.5, 0.6) is 0 Å². The molecule has 1 fully saturated rings. The Hall–Kier alpha value is -0.0800. The molecular weight excluding hydrogens is 208 g/mol. The van der Waals surface area contributed by atoms with E-state index < -0.39 is 0 Å². The van der Waals surface area contributed by atoms with Crippen molar-refractivity contribution in [3.8, 4) is 0 Å². The van der Waals surface area contributed by atoms with E-state index in [1.165, 1.54) is 77.4 Å². The molecule has 0 aliphatic carbocycles. The van der Waals surface area contributed by atoms with Gasteiger partial charge >= 0.3 is 0 Å². The first-order valence-corrected chi connectivity index (χ1v) is 7.79. The Bertz CT molecular complexity index is 162. The van der Waals surface area contributed by atoms with Gasteiger partial charge in [0.15, 0.2) is 0 Å². The molecule has 0 atom stereocenters. The highest BCUT2D eigenvalue weighted by Crippen LogP contribution is 2.21. The van der Waals surface area contributed by atoms with Crippen LogP contribution in [0.4, 0.5) is 0 Å². The summed E-state index contributed by atoms with van der Waals surface area (Å²) >= 11 is 0. The van der Waals surface area contributed by atoms with Crippen LogP contribution in [-0.4, -0.2) is 31.1 Å². The fourth-order valence-corrected chi connectivity index (χ4v) is 2.92. The van der Waals surface area contributed by atoms with E-state index in [1.54, 1.807) is 0 Å². The standard InChI is InChI=1S/C15H32N2/c1-2-8-15-9-13-17(14-10-15)12-7-5-3-4-6-11-16/h15H,2-14,16H2,1H3. The van der Waals surface area contributed by atoms with Crippen LogP contribution in [0.15, 0.2) is 0 Å². The molecule has 17 heavy (non-hydrogen) atoms. The van der Waals surface area contributed by atoms with Gasteiger partial charge in [-0.3, -0.25) is 0 Å². The number of piperidine rings is 1. The van der Waals surface area contributed by atoms with E-state index in [-0.39, 0.29) is 0 Å². The van der Waals surface area contributed by atoms with Crippen molar-refractivity contribution in [1.82, 2.24) is 4.90 Å². The van der Waals surface area contributed by atoms with Crippen LogP contribution in [0.2, 0.25) is 0 Å². The molecule has 0 spiro atoms. The molecule has 102 valence electrons. The third-order valence-corrected chi connectivity index (χ3v) is 4.08. The first-order chi connectivity index (χ1) is 8.36. The minimum Gasteiger partial charge on any atom is -0.330 e. The molecule has 0 bridgehead atoms. The number of nitrogens with zero attached hydrogens (tertiary/aromatic N) is 1. The predicted octanol–water partition coefficient (Wildman–Crippen LogP) is 3.41. The number of rotatable bonds is 9. The maximum atomic E-state index is 5.49. The van der Waals surface area contributed by atoms with Gasteiger partial charge in [-0.25, -0.2) is 0 Å². The Morgan fingerprint density at radius 1 is 1.00 bits per heavy atom. The van der Waals surface area contributed by atoms with Crippen molar-refractivity contribution in [1.29, 1.82) is 0 Å². The second kappa shape index (κ2) is 9.90. The quantitative estimate of drug-likeness (QED) is 0.626. The molecule has 0 aromatic heterocycles. The molecule has 2 nitrogen and oxygen atoms in total. The second-order valence-corrected chi connectivity index (χ2v) is 5.63. The molecule has 0 unspecified atom stereocenters. The molecule has 2 N–H and O–H groups in total. The first-order valence-electron chi connectivity index (χ1n) is 7.79. The summed E-state index contributed by atoms with van der Waals surface area (Å²) < 4.78 is 0. The van der Waals surface area contributed by atoms with Gasteiger partial charge in [-0.05, 0) is 57.8 Å². The van der Waals surface area contributed by atoms with Gasteiger partial charge in [0.05, 0.1) is 0 Å². The van der Waals surface area contributed by atoms with Gasteiger partial charge in [0.25, 0.3) is 0 Å². The maximum absolute atomic E-state index is 5.49. The summed E-state index contributed by atoms with van der Waals surface area (Å²) in [5, 5.41) is 0. The molecule has 1 saturated heterocycles. The number of hydrogen-bond acceptors (Lipinski definition) is 2. The summed E-state index contributed by atoms with van der Waals surface area (Å²) in [7, 11) is 0. The lowest BCUT2D eigenvalue weighted by Crippen LogP contribution is -2.34. The molecule has 0 radical (unpaired) electrons. The summed E-state index contributed by atoms with van der Waals surface area (Å²) in [6.45, 7) is 7.22. The molecule has 1 aliphatic heterocycles. The van der Waals surface area contributed by atoms with Gasteiger partial charge in [0.2, 0.25) is 0 Å². The highest BCUT2D eigenvalue weighted by molar-refractivity contribution is 4.71. The highest BCUT2D eigenvalue weighted by atomic mass is 15.1. The topological polar surface area (TPSA) is 29.3 Å². The zero-order valence-electron chi connectivity index (χ0n) is 11.8. The molecule has 0 saturated carbocycles. The summed E-state index contributed by atoms with van der Waals surface area (Å²) in [4.78, 5) is 2.68. The lowest BCUT2D eigenvalue weighted by atomic mass is 9.92. The van der Waals surface area contributed by atoms with E-state index in [0.29, 0.717) is 0 Å². The molecule has 2 heteroatoms. The van der Waals surface area contributed by atoms with E-state index >= 15 is 0 Å². The van der Waals surface area contributed by atoms with Gasteiger partial charge in [-0.2, -0.15) is 0 Å². The third kappa shape index (κ3) is 7.05. The predicted molar refractivity (Wildman–Crippen MR) is 76.2 cm³/mol. The molecule has 0 aromatic carbocycles. The average molecular weight is 240 g/mol. The van der Waals surface area contributed by atoms with Gasteiger partial charge in [-0.1, -0.05) is 39.0 Å². The van der Waals surface area contributed by atoms with Crippen LogP contribution in [0.1, 0.15) is 64.7 Å². The minimum atomic E-state index is 0.866. The van der Waals surface area contributed by atoms with Crippen molar-refractivity contribution in [3.63, 3.8) is 0 Å². The maximum Gasteiger partial charge on any atom is -0.00161 e. The van der Waals surface area contributed by atoms with Crippen LogP contribution in [0.25, 0.3) is 0 Å². The summed E-state index contributed by atoms with van der Waals surface area (Å²) in [5.41, 5.74) is 5.49. The SMILES string of the molecule is CCCC1CCN(CCCCCCCN)CC1. The molecular formula is C15H32N2. The van der Waals surface area contributed by atoms with Gasteiger partial charge < -0.3 is 10.6 Å². The molecule has 0 aromatic rings. The van der Waals surface area contributed by atoms with Crippen molar-refractivity contribution in [2.24, 2.45) is 11.7 Å². The Balaban J connectivity index is 1.91. The van der Waals surface area contributed by atoms with Crippen molar-refractivity contribution in [2.75, 3.05) is 26.2 Å². The van der Waals surface area contributed by atoms with Crippen molar-refractivity contribution in [2.45, 2.75) is 64.7 Å². The summed E-state index contributed by atoms with van der Waals surface area (Å²) in [5.74, 6) is 1.03. The first kappa shape index (κ1) is 15.0. The Labute approximate surface area is 108 Å². The molecule has 0 amide bonds. The van der Waals surface area contributed by atoms with Crippen molar-refractivity contribution >= 4 is 0 Å². The number of likely N-dealkylation sites (tertiary alicyclic amines) is 1. The Morgan fingerprint density at radius 2 is 1.65 bits per heavy atom. The lowest BCUT2D eigenvalue weighted by molar-refractivity contribution is 0.175. The molecule has 1 heterocycles. The summed E-state index contributed by atoms with van der Waals surface area (Å²) in [6, 6.07) is 0. The van der Waals surface area contributed by atoms with E-state index in [2.05, 4.69) is 11.8 Å². The lowest BCUT2D eigenvalue weighted by Gasteiger charge is -2.31. The fraction of sp³-hybridized carbons (Fsp3) is 1.00. The summed E-state index contributed by atoms with van der Waals surface area (Å²) in [6.07, 6.45) is 12.4. The Kier molecular flexibility index (Phi) is 8.72. The smallest absolute Gasteiger partial charge is 0.00161 e. The number of unbranched alkanes of at least 4 members (excludes halogenated alkanes) is 4. The third-order valence-electron chi connectivity index (χ3n) is 4.08. The molecule has 1 rings (SSSR count). The highest BCUT2D eigenvalue weighted by Gasteiger charge is 2.17. The van der Waals surface area contributed by atoms with E-state index in [4.69, 9.17) is 5.73 Å². The average Bonchev–Trinajstić information content (AvgIpc) is 2.36. The largest absolute Gasteiger partial charge is 0.330 e. The van der Waals surface area contributed by atoms with Gasteiger partial charge in [0.1, 0.15) is 0 Å². The Morgan fingerprint density at radius 3 is 2.29 bits per heavy atom. The normalized spacial score (nSPS) is 18.7. The van der Waals surface area contributed by atoms with E-state index in [9.17, 15) is 0 Å². The van der Waals surface area contributed by atoms with Crippen LogP contribution in [0, 0.1) is 5.92 Å². The van der Waals surface area contributed by atoms with Crippen LogP contribution in [0.3, 0.4) is 0 Å². The van der Waals surface area contributed by atoms with Crippen LogP contribution in [-0.2, 0) is 0 Å². The monoisotopic (exact) mass is 240 g/mol. The van der Waals surface area contributed by atoms with Crippen LogP contribution >= 0.6 is 0 Å². The van der Waals surface area contributed by atoms with Crippen molar-refractivity contribution < 1.29 is 0 Å². The fourth-order valence-electron chi connectivity index (χ4n) is 2.92. The second-order valence-electron chi connectivity index (χ2n) is 5.63. The minimum absolute atomic E-state index is 0.866. The zero-order valence-corrected chi connectivity index (χ0v) is 11.8. The van der Waals surface area contributed by atoms with Crippen molar-refractivity contribution in [3.05, 3.63) is 0 Å². The zero-order chi connectivity index (χ0) is 12.3. The number of nitrogens with two attached hydrogens (primary N) is 1. The molecule has 1 aliphatic rings. The van der Waals surface area contributed by atoms with Gasteiger partial charge in [0, 0.05) is 0 Å². The number of hydrogen-bond donors (Lipinski definition) is 1. The van der Waals surface area contributed by atoms with Gasteiger partial charge in [-0.15, -0.1) is 0 Å². The van der Waals surface area contributed by atoms with E-state index in [0.717, 1.165) is 12.5 Å². The van der Waals surface area contributed by atoms with E-state index in [1.807, 2.05) is 0 Å². The van der Waals surface area contributed by atoms with Crippen LogP contribution < -0.4 is 5.73 Å².